The van der Waals surface area contributed by atoms with Gasteiger partial charge in [-0.1, -0.05) is 12.1 Å². The summed E-state index contributed by atoms with van der Waals surface area (Å²) in [4.78, 5) is 13.3. The van der Waals surface area contributed by atoms with Crippen molar-refractivity contribution in [3.8, 4) is 0 Å². The summed E-state index contributed by atoms with van der Waals surface area (Å²) in [5.74, 6) is 0. The molecule has 112 valence electrons. The number of hydrogen-bond donors (Lipinski definition) is 4. The standard InChI is InChI=1S/C14H23N3O3/c1-11(15-2)12-3-5-13(6-4-12)16-14(20)17(7-9-18)8-10-19/h3-6,11,15,18-19H,7-10H2,1-2H3,(H,16,20). The third kappa shape index (κ3) is 4.80. The Hall–Kier alpha value is -1.63. The van der Waals surface area contributed by atoms with Crippen LogP contribution in [0.25, 0.3) is 0 Å². The van der Waals surface area contributed by atoms with Crippen molar-refractivity contribution in [3.05, 3.63) is 29.8 Å². The first kappa shape index (κ1) is 16.4. The number of anilines is 1. The highest BCUT2D eigenvalue weighted by Gasteiger charge is 2.12. The van der Waals surface area contributed by atoms with Crippen LogP contribution in [0.1, 0.15) is 18.5 Å². The summed E-state index contributed by atoms with van der Waals surface area (Å²) >= 11 is 0. The molecule has 0 bridgehead atoms. The fourth-order valence-corrected chi connectivity index (χ4v) is 1.78. The molecule has 4 N–H and O–H groups in total. The van der Waals surface area contributed by atoms with E-state index in [1.807, 2.05) is 31.3 Å². The van der Waals surface area contributed by atoms with Crippen molar-refractivity contribution in [2.45, 2.75) is 13.0 Å². The molecule has 0 saturated carbocycles. The Morgan fingerprint density at radius 2 is 1.75 bits per heavy atom. The van der Waals surface area contributed by atoms with E-state index in [2.05, 4.69) is 17.6 Å². The van der Waals surface area contributed by atoms with Gasteiger partial charge in [0, 0.05) is 24.8 Å². The number of urea groups is 1. The zero-order chi connectivity index (χ0) is 15.0. The van der Waals surface area contributed by atoms with Crippen LogP contribution in [-0.2, 0) is 0 Å². The number of nitrogens with one attached hydrogen (secondary N) is 2. The number of hydrogen-bond acceptors (Lipinski definition) is 4. The van der Waals surface area contributed by atoms with Crippen molar-refractivity contribution in [2.75, 3.05) is 38.7 Å². The van der Waals surface area contributed by atoms with Gasteiger partial charge in [0.05, 0.1) is 13.2 Å². The molecule has 1 atom stereocenters. The van der Waals surface area contributed by atoms with E-state index in [9.17, 15) is 4.79 Å². The van der Waals surface area contributed by atoms with E-state index in [4.69, 9.17) is 10.2 Å². The van der Waals surface area contributed by atoms with Gasteiger partial charge < -0.3 is 25.7 Å². The average Bonchev–Trinajstić information content (AvgIpc) is 2.47. The van der Waals surface area contributed by atoms with Gasteiger partial charge in [-0.25, -0.2) is 4.79 Å². The average molecular weight is 281 g/mol. The lowest BCUT2D eigenvalue weighted by molar-refractivity contribution is 0.167. The first-order valence-corrected chi connectivity index (χ1v) is 6.67. The monoisotopic (exact) mass is 281 g/mol. The number of benzene rings is 1. The lowest BCUT2D eigenvalue weighted by atomic mass is 10.1. The smallest absolute Gasteiger partial charge is 0.321 e. The topological polar surface area (TPSA) is 84.8 Å². The summed E-state index contributed by atoms with van der Waals surface area (Å²) in [5, 5.41) is 23.7. The van der Waals surface area contributed by atoms with E-state index in [0.29, 0.717) is 5.69 Å². The number of nitrogens with zero attached hydrogens (tertiary/aromatic N) is 1. The molecule has 1 unspecified atom stereocenters. The molecule has 20 heavy (non-hydrogen) atoms. The van der Waals surface area contributed by atoms with E-state index < -0.39 is 0 Å². The second-order valence-electron chi connectivity index (χ2n) is 4.50. The van der Waals surface area contributed by atoms with E-state index >= 15 is 0 Å². The van der Waals surface area contributed by atoms with Crippen molar-refractivity contribution in [2.24, 2.45) is 0 Å². The molecule has 0 aromatic heterocycles. The maximum atomic E-state index is 11.9. The highest BCUT2D eigenvalue weighted by atomic mass is 16.3. The molecule has 0 aliphatic heterocycles. The maximum Gasteiger partial charge on any atom is 0.321 e. The first-order valence-electron chi connectivity index (χ1n) is 6.67. The fourth-order valence-electron chi connectivity index (χ4n) is 1.78. The van der Waals surface area contributed by atoms with E-state index in [1.54, 1.807) is 0 Å². The minimum Gasteiger partial charge on any atom is -0.395 e. The molecule has 0 heterocycles. The number of aliphatic hydroxyl groups excluding tert-OH is 2. The van der Waals surface area contributed by atoms with E-state index in [0.717, 1.165) is 5.56 Å². The van der Waals surface area contributed by atoms with Crippen LogP contribution in [0.4, 0.5) is 10.5 Å². The maximum absolute atomic E-state index is 11.9. The molecule has 2 amide bonds. The molecule has 0 saturated heterocycles. The molecule has 0 fully saturated rings. The summed E-state index contributed by atoms with van der Waals surface area (Å²) in [6, 6.07) is 7.47. The first-order chi connectivity index (χ1) is 9.62. The van der Waals surface area contributed by atoms with Gasteiger partial charge in [0.15, 0.2) is 0 Å². The summed E-state index contributed by atoms with van der Waals surface area (Å²) < 4.78 is 0. The number of carbonyl (C=O) groups is 1. The molecule has 6 heteroatoms. The van der Waals surface area contributed by atoms with Crippen LogP contribution in [0.5, 0.6) is 0 Å². The molecular weight excluding hydrogens is 258 g/mol. The van der Waals surface area contributed by atoms with Gasteiger partial charge >= 0.3 is 6.03 Å². The number of carbonyl (C=O) groups excluding carboxylic acids is 1. The van der Waals surface area contributed by atoms with Crippen LogP contribution in [-0.4, -0.2) is 54.5 Å². The quantitative estimate of drug-likeness (QED) is 0.595. The van der Waals surface area contributed by atoms with Crippen LogP contribution in [0, 0.1) is 0 Å². The van der Waals surface area contributed by atoms with Gasteiger partial charge in [-0.3, -0.25) is 0 Å². The highest BCUT2D eigenvalue weighted by molar-refractivity contribution is 5.89. The van der Waals surface area contributed by atoms with E-state index in [-0.39, 0.29) is 38.4 Å². The Kier molecular flexibility index (Phi) is 7.00. The zero-order valence-corrected chi connectivity index (χ0v) is 12.0. The van der Waals surface area contributed by atoms with Crippen molar-refractivity contribution in [1.29, 1.82) is 0 Å². The summed E-state index contributed by atoms with van der Waals surface area (Å²) in [5.41, 5.74) is 1.82. The lowest BCUT2D eigenvalue weighted by Gasteiger charge is -2.21. The molecular formula is C14H23N3O3. The second kappa shape index (κ2) is 8.52. The van der Waals surface area contributed by atoms with Gasteiger partial charge in [-0.2, -0.15) is 0 Å². The molecule has 1 rings (SSSR count). The second-order valence-corrected chi connectivity index (χ2v) is 4.50. The number of aliphatic hydroxyl groups is 2. The van der Waals surface area contributed by atoms with Crippen LogP contribution >= 0.6 is 0 Å². The van der Waals surface area contributed by atoms with Crippen molar-refractivity contribution in [3.63, 3.8) is 0 Å². The Balaban J connectivity index is 2.65. The Bertz CT molecular complexity index is 403. The minimum atomic E-state index is -0.331. The third-order valence-electron chi connectivity index (χ3n) is 3.12. The summed E-state index contributed by atoms with van der Waals surface area (Å²) in [6.07, 6.45) is 0. The lowest BCUT2D eigenvalue weighted by Crippen LogP contribution is -2.38. The molecule has 1 aromatic rings. The molecule has 1 aromatic carbocycles. The molecule has 6 nitrogen and oxygen atoms in total. The number of rotatable bonds is 7. The van der Waals surface area contributed by atoms with Crippen molar-refractivity contribution in [1.82, 2.24) is 10.2 Å². The van der Waals surface area contributed by atoms with Crippen molar-refractivity contribution < 1.29 is 15.0 Å². The summed E-state index contributed by atoms with van der Waals surface area (Å²) in [7, 11) is 1.89. The fraction of sp³-hybridized carbons (Fsp3) is 0.500. The van der Waals surface area contributed by atoms with Gasteiger partial charge in [0.25, 0.3) is 0 Å². The van der Waals surface area contributed by atoms with Crippen LogP contribution in [0.2, 0.25) is 0 Å². The minimum absolute atomic E-state index is 0.133. The Labute approximate surface area is 119 Å². The normalized spacial score (nSPS) is 12.0. The molecule has 0 aliphatic rings. The SMILES string of the molecule is CNC(C)c1ccc(NC(=O)N(CCO)CCO)cc1. The third-order valence-corrected chi connectivity index (χ3v) is 3.12. The van der Waals surface area contributed by atoms with E-state index in [1.165, 1.54) is 4.90 Å². The summed E-state index contributed by atoms with van der Waals surface area (Å²) in [6.45, 7) is 2.18. The predicted molar refractivity (Wildman–Crippen MR) is 78.7 cm³/mol. The molecule has 0 aliphatic carbocycles. The number of amides is 2. The van der Waals surface area contributed by atoms with Crippen LogP contribution in [0.3, 0.4) is 0 Å². The van der Waals surface area contributed by atoms with Crippen LogP contribution < -0.4 is 10.6 Å². The van der Waals surface area contributed by atoms with Gasteiger partial charge in [-0.05, 0) is 31.7 Å². The predicted octanol–water partition coefficient (Wildman–Crippen LogP) is 0.785. The van der Waals surface area contributed by atoms with Gasteiger partial charge in [-0.15, -0.1) is 0 Å². The Morgan fingerprint density at radius 1 is 1.20 bits per heavy atom. The van der Waals surface area contributed by atoms with Gasteiger partial charge in [0.2, 0.25) is 0 Å². The highest BCUT2D eigenvalue weighted by Crippen LogP contribution is 2.15. The van der Waals surface area contributed by atoms with Crippen molar-refractivity contribution >= 4 is 11.7 Å². The Morgan fingerprint density at radius 3 is 2.20 bits per heavy atom. The zero-order valence-electron chi connectivity index (χ0n) is 12.0. The largest absolute Gasteiger partial charge is 0.395 e. The van der Waals surface area contributed by atoms with Crippen LogP contribution in [0.15, 0.2) is 24.3 Å². The van der Waals surface area contributed by atoms with Gasteiger partial charge in [0.1, 0.15) is 0 Å². The molecule has 0 radical (unpaired) electrons. The molecule has 0 spiro atoms.